The van der Waals surface area contributed by atoms with Gasteiger partial charge in [0.05, 0.1) is 5.41 Å². The van der Waals surface area contributed by atoms with Gasteiger partial charge in [0.2, 0.25) is 0 Å². The van der Waals surface area contributed by atoms with Gasteiger partial charge in [-0.1, -0.05) is 48.5 Å². The second kappa shape index (κ2) is 8.23. The summed E-state index contributed by atoms with van der Waals surface area (Å²) in [6, 6.07) is 27.3. The predicted octanol–water partition coefficient (Wildman–Crippen LogP) is 6.08. The number of carboxylic acids is 1. The lowest BCUT2D eigenvalue weighted by molar-refractivity contribution is -0.142. The number of oxazole rings is 1. The molecule has 32 heavy (non-hydrogen) atoms. The van der Waals surface area contributed by atoms with Crippen LogP contribution in [0.25, 0.3) is 22.6 Å². The summed E-state index contributed by atoms with van der Waals surface area (Å²) in [4.78, 5) is 16.1. The van der Waals surface area contributed by atoms with E-state index in [1.165, 1.54) is 0 Å². The van der Waals surface area contributed by atoms with Crippen LogP contribution in [-0.2, 0) is 4.79 Å². The molecule has 5 rings (SSSR count). The molecule has 0 aliphatic heterocycles. The van der Waals surface area contributed by atoms with E-state index in [2.05, 4.69) is 10.3 Å². The summed E-state index contributed by atoms with van der Waals surface area (Å²) in [5.41, 5.74) is 1.75. The van der Waals surface area contributed by atoms with Crippen molar-refractivity contribution < 1.29 is 19.1 Å². The molecule has 0 unspecified atom stereocenters. The van der Waals surface area contributed by atoms with E-state index >= 15 is 0 Å². The number of aliphatic carboxylic acids is 1. The Morgan fingerprint density at radius 1 is 0.906 bits per heavy atom. The molecule has 160 valence electrons. The summed E-state index contributed by atoms with van der Waals surface area (Å²) in [5.74, 6) is 1.34. The summed E-state index contributed by atoms with van der Waals surface area (Å²) in [7, 11) is 0. The minimum absolute atomic E-state index is 0.292. The van der Waals surface area contributed by atoms with Gasteiger partial charge in [-0.3, -0.25) is 4.79 Å². The zero-order valence-corrected chi connectivity index (χ0v) is 17.3. The molecule has 1 aromatic heterocycles. The zero-order valence-electron chi connectivity index (χ0n) is 17.3. The van der Waals surface area contributed by atoms with E-state index in [0.29, 0.717) is 36.9 Å². The van der Waals surface area contributed by atoms with Gasteiger partial charge in [-0.05, 0) is 49.2 Å². The zero-order chi connectivity index (χ0) is 22.0. The minimum atomic E-state index is -0.783. The van der Waals surface area contributed by atoms with Gasteiger partial charge < -0.3 is 19.6 Å². The fraction of sp³-hybridized carbons (Fsp3) is 0.154. The van der Waals surface area contributed by atoms with Crippen molar-refractivity contribution in [3.8, 4) is 34.1 Å². The maximum atomic E-state index is 11.5. The van der Waals surface area contributed by atoms with Crippen molar-refractivity contribution in [2.24, 2.45) is 5.41 Å². The van der Waals surface area contributed by atoms with Crippen LogP contribution in [0.1, 0.15) is 12.8 Å². The van der Waals surface area contributed by atoms with Crippen LogP contribution in [0.5, 0.6) is 11.5 Å². The minimum Gasteiger partial charge on any atom is -0.481 e. The molecule has 1 fully saturated rings. The Labute approximate surface area is 185 Å². The van der Waals surface area contributed by atoms with Crippen molar-refractivity contribution in [3.63, 3.8) is 0 Å². The number of rotatable bonds is 8. The molecule has 2 N–H and O–H groups in total. The number of hydrogen-bond donors (Lipinski definition) is 2. The van der Waals surface area contributed by atoms with Gasteiger partial charge in [0.25, 0.3) is 6.01 Å². The van der Waals surface area contributed by atoms with Crippen LogP contribution in [0.15, 0.2) is 89.3 Å². The first-order valence-electron chi connectivity index (χ1n) is 10.5. The first kappa shape index (κ1) is 19.9. The molecule has 0 radical (unpaired) electrons. The van der Waals surface area contributed by atoms with Crippen LogP contribution in [0.4, 0.5) is 6.01 Å². The molecule has 0 amide bonds. The quantitative estimate of drug-likeness (QED) is 0.355. The number of nitrogens with one attached hydrogen (secondary N) is 1. The van der Waals surface area contributed by atoms with Crippen LogP contribution < -0.4 is 10.1 Å². The monoisotopic (exact) mass is 426 g/mol. The number of hydrogen-bond acceptors (Lipinski definition) is 5. The number of ether oxygens (including phenoxy) is 1. The molecule has 0 atom stereocenters. The van der Waals surface area contributed by atoms with Crippen molar-refractivity contribution in [2.75, 3.05) is 11.9 Å². The summed E-state index contributed by atoms with van der Waals surface area (Å²) >= 11 is 0. The normalized spacial score (nSPS) is 14.0. The molecular weight excluding hydrogens is 404 g/mol. The maximum absolute atomic E-state index is 11.5. The highest BCUT2D eigenvalue weighted by molar-refractivity contribution is 5.80. The van der Waals surface area contributed by atoms with Gasteiger partial charge in [-0.25, -0.2) is 0 Å². The van der Waals surface area contributed by atoms with Crippen LogP contribution >= 0.6 is 0 Å². The Bertz CT molecular complexity index is 1210. The van der Waals surface area contributed by atoms with E-state index in [1.54, 1.807) is 0 Å². The summed E-state index contributed by atoms with van der Waals surface area (Å²) < 4.78 is 11.9. The predicted molar refractivity (Wildman–Crippen MR) is 122 cm³/mol. The largest absolute Gasteiger partial charge is 0.481 e. The van der Waals surface area contributed by atoms with Crippen LogP contribution in [0.3, 0.4) is 0 Å². The molecule has 0 saturated heterocycles. The van der Waals surface area contributed by atoms with Crippen LogP contribution in [0.2, 0.25) is 0 Å². The Morgan fingerprint density at radius 3 is 2.16 bits per heavy atom. The number of aromatic nitrogens is 1. The highest BCUT2D eigenvalue weighted by Gasteiger charge is 2.50. The molecule has 3 aromatic carbocycles. The highest BCUT2D eigenvalue weighted by Crippen LogP contribution is 2.46. The molecule has 1 heterocycles. The van der Waals surface area contributed by atoms with Gasteiger partial charge >= 0.3 is 5.97 Å². The standard InChI is InChI=1S/C26H22N2O4/c29-24(30)26(15-16-26)17-27-25-28-22(23(32-25)19-7-3-1-4-8-19)18-11-13-21(14-12-18)31-20-9-5-2-6-10-20/h1-14H,15-17H2,(H,27,28)(H,29,30). The average Bonchev–Trinajstić information content (AvgIpc) is 3.52. The highest BCUT2D eigenvalue weighted by atomic mass is 16.5. The lowest BCUT2D eigenvalue weighted by atomic mass is 10.1. The van der Waals surface area contributed by atoms with Crippen molar-refractivity contribution in [1.29, 1.82) is 0 Å². The fourth-order valence-electron chi connectivity index (χ4n) is 3.54. The molecule has 4 aromatic rings. The van der Waals surface area contributed by atoms with Gasteiger partial charge in [0.15, 0.2) is 5.76 Å². The molecule has 0 bridgehead atoms. The number of para-hydroxylation sites is 1. The first-order valence-corrected chi connectivity index (χ1v) is 10.5. The van der Waals surface area contributed by atoms with Gasteiger partial charge in [-0.15, -0.1) is 0 Å². The van der Waals surface area contributed by atoms with E-state index in [4.69, 9.17) is 9.15 Å². The number of carboxylic acid groups (broad SMARTS) is 1. The summed E-state index contributed by atoms with van der Waals surface area (Å²) in [6.07, 6.45) is 1.33. The number of anilines is 1. The van der Waals surface area contributed by atoms with Gasteiger partial charge in [0, 0.05) is 17.7 Å². The molecule has 0 spiro atoms. The maximum Gasteiger partial charge on any atom is 0.311 e. The first-order chi connectivity index (χ1) is 15.6. The van der Waals surface area contributed by atoms with Crippen molar-refractivity contribution >= 4 is 12.0 Å². The Morgan fingerprint density at radius 2 is 1.53 bits per heavy atom. The van der Waals surface area contributed by atoms with E-state index in [0.717, 1.165) is 22.6 Å². The Kier molecular flexibility index (Phi) is 5.11. The van der Waals surface area contributed by atoms with Crippen molar-refractivity contribution in [1.82, 2.24) is 4.98 Å². The second-order valence-electron chi connectivity index (χ2n) is 7.94. The smallest absolute Gasteiger partial charge is 0.311 e. The molecule has 6 nitrogen and oxygen atoms in total. The number of benzene rings is 3. The summed E-state index contributed by atoms with van der Waals surface area (Å²) in [5, 5.41) is 12.5. The van der Waals surface area contributed by atoms with Gasteiger partial charge in [-0.2, -0.15) is 4.98 Å². The van der Waals surface area contributed by atoms with E-state index in [9.17, 15) is 9.90 Å². The van der Waals surface area contributed by atoms with Crippen LogP contribution in [0, 0.1) is 5.41 Å². The molecule has 1 aliphatic rings. The summed E-state index contributed by atoms with van der Waals surface area (Å²) in [6.45, 7) is 0.292. The molecule has 1 aliphatic carbocycles. The van der Waals surface area contributed by atoms with E-state index < -0.39 is 11.4 Å². The lowest BCUT2D eigenvalue weighted by Crippen LogP contribution is -2.24. The van der Waals surface area contributed by atoms with Crippen molar-refractivity contribution in [3.05, 3.63) is 84.9 Å². The SMILES string of the molecule is O=C(O)C1(CNc2nc(-c3ccc(Oc4ccccc4)cc3)c(-c3ccccc3)o2)CC1. The molecular formula is C26H22N2O4. The Hall–Kier alpha value is -4.06. The third-order valence-corrected chi connectivity index (χ3v) is 5.66. The third kappa shape index (κ3) is 4.07. The fourth-order valence-corrected chi connectivity index (χ4v) is 3.54. The average molecular weight is 426 g/mol. The van der Waals surface area contributed by atoms with Crippen molar-refractivity contribution in [2.45, 2.75) is 12.8 Å². The lowest BCUT2D eigenvalue weighted by Gasteiger charge is -2.08. The van der Waals surface area contributed by atoms with Crippen LogP contribution in [-0.4, -0.2) is 22.6 Å². The Balaban J connectivity index is 1.42. The number of nitrogens with zero attached hydrogens (tertiary/aromatic N) is 1. The molecule has 6 heteroatoms. The van der Waals surface area contributed by atoms with E-state index in [1.807, 2.05) is 84.9 Å². The second-order valence-corrected chi connectivity index (χ2v) is 7.94. The number of carbonyl (C=O) groups is 1. The molecule has 1 saturated carbocycles. The third-order valence-electron chi connectivity index (χ3n) is 5.66. The van der Waals surface area contributed by atoms with E-state index in [-0.39, 0.29) is 0 Å². The topological polar surface area (TPSA) is 84.6 Å². The van der Waals surface area contributed by atoms with Gasteiger partial charge in [0.1, 0.15) is 17.2 Å².